The molecule has 144 valence electrons. The molecule has 3 aromatic heterocycles. The third-order valence-corrected chi connectivity index (χ3v) is 6.04. The second kappa shape index (κ2) is 7.63. The van der Waals surface area contributed by atoms with Crippen LogP contribution in [0.15, 0.2) is 30.0 Å². The van der Waals surface area contributed by atoms with Crippen molar-refractivity contribution in [2.75, 3.05) is 18.8 Å². The van der Waals surface area contributed by atoms with Crippen LogP contribution >= 0.6 is 11.3 Å². The van der Waals surface area contributed by atoms with E-state index in [0.717, 1.165) is 59.0 Å². The molecule has 8 heteroatoms. The van der Waals surface area contributed by atoms with Crippen molar-refractivity contribution >= 4 is 23.2 Å². The zero-order chi connectivity index (χ0) is 19.7. The number of nitrogens with two attached hydrogens (primary N) is 1. The molecule has 0 aromatic carbocycles. The summed E-state index contributed by atoms with van der Waals surface area (Å²) in [6, 6.07) is 4.14. The molecule has 3 aromatic rings. The number of rotatable bonds is 3. The Hall–Kier alpha value is -2.87. The van der Waals surface area contributed by atoms with Crippen LogP contribution in [0.5, 0.6) is 0 Å². The molecule has 4 heterocycles. The molecule has 1 aliphatic rings. The lowest BCUT2D eigenvalue weighted by Crippen LogP contribution is -2.38. The van der Waals surface area contributed by atoms with Crippen LogP contribution in [0.3, 0.4) is 0 Å². The van der Waals surface area contributed by atoms with Crippen LogP contribution in [-0.2, 0) is 0 Å². The van der Waals surface area contributed by atoms with Gasteiger partial charge in [-0.2, -0.15) is 0 Å². The minimum absolute atomic E-state index is 0.0929. The number of thiazole rings is 1. The van der Waals surface area contributed by atoms with Gasteiger partial charge < -0.3 is 10.6 Å². The smallest absolute Gasteiger partial charge is 0.265 e. The maximum absolute atomic E-state index is 12.7. The van der Waals surface area contributed by atoms with E-state index < -0.39 is 0 Å². The zero-order valence-electron chi connectivity index (χ0n) is 15.9. The van der Waals surface area contributed by atoms with Gasteiger partial charge in [0.2, 0.25) is 5.95 Å². The van der Waals surface area contributed by atoms with Gasteiger partial charge >= 0.3 is 0 Å². The average Bonchev–Trinajstić information content (AvgIpc) is 3.13. The summed E-state index contributed by atoms with van der Waals surface area (Å²) in [5.41, 5.74) is 12.1. The van der Waals surface area contributed by atoms with Gasteiger partial charge in [0.1, 0.15) is 4.88 Å². The van der Waals surface area contributed by atoms with Crippen molar-refractivity contribution in [3.63, 3.8) is 0 Å². The Kier molecular flexibility index (Phi) is 5.04. The fourth-order valence-corrected chi connectivity index (χ4v) is 4.36. The molecular weight excluding hydrogens is 372 g/mol. The molecule has 0 spiro atoms. The Morgan fingerprint density at radius 1 is 1.11 bits per heavy atom. The summed E-state index contributed by atoms with van der Waals surface area (Å²) in [6.07, 6.45) is 5.27. The summed E-state index contributed by atoms with van der Waals surface area (Å²) in [4.78, 5) is 32.5. The number of hydrogen-bond donors (Lipinski definition) is 1. The number of carbonyl (C=O) groups is 1. The first-order valence-electron chi connectivity index (χ1n) is 9.27. The van der Waals surface area contributed by atoms with Crippen LogP contribution in [-0.4, -0.2) is 43.8 Å². The summed E-state index contributed by atoms with van der Waals surface area (Å²) in [6.45, 7) is 5.35. The summed E-state index contributed by atoms with van der Waals surface area (Å²) < 4.78 is 0. The van der Waals surface area contributed by atoms with E-state index in [1.807, 2.05) is 24.8 Å². The number of aromatic nitrogens is 4. The number of hydrogen-bond acceptors (Lipinski definition) is 7. The first-order chi connectivity index (χ1) is 13.5. The van der Waals surface area contributed by atoms with E-state index in [-0.39, 0.29) is 11.9 Å². The van der Waals surface area contributed by atoms with Gasteiger partial charge in [-0.1, -0.05) is 0 Å². The van der Waals surface area contributed by atoms with E-state index in [2.05, 4.69) is 21.0 Å². The third kappa shape index (κ3) is 3.73. The van der Waals surface area contributed by atoms with Gasteiger partial charge in [0, 0.05) is 48.4 Å². The largest absolute Gasteiger partial charge is 0.368 e. The lowest BCUT2D eigenvalue weighted by molar-refractivity contribution is 0.0716. The van der Waals surface area contributed by atoms with E-state index in [0.29, 0.717) is 5.92 Å². The Morgan fingerprint density at radius 3 is 2.46 bits per heavy atom. The third-order valence-electron chi connectivity index (χ3n) is 5.12. The number of aryl methyl sites for hydroxylation is 2. The highest BCUT2D eigenvalue weighted by atomic mass is 32.1. The van der Waals surface area contributed by atoms with Crippen LogP contribution in [0.2, 0.25) is 0 Å². The topological polar surface area (TPSA) is 97.9 Å². The van der Waals surface area contributed by atoms with Gasteiger partial charge in [-0.05, 0) is 44.4 Å². The number of nitrogens with zero attached hydrogens (tertiary/aromatic N) is 5. The zero-order valence-corrected chi connectivity index (χ0v) is 16.7. The molecule has 0 bridgehead atoms. The van der Waals surface area contributed by atoms with E-state index in [1.165, 1.54) is 11.3 Å². The standard InChI is InChI=1S/C20H22N6OS/c1-12-7-15(16-9-22-20(21)23-10-16)8-17(25-12)14-3-5-26(6-4-14)19(27)18-13(2)24-11-28-18/h7-11,14H,3-6H2,1-2H3,(H2,21,22,23). The van der Waals surface area contributed by atoms with Crippen molar-refractivity contribution < 1.29 is 4.79 Å². The highest BCUT2D eigenvalue weighted by Gasteiger charge is 2.27. The SMILES string of the molecule is Cc1cc(-c2cnc(N)nc2)cc(C2CCN(C(=O)c3scnc3C)CC2)n1. The number of nitrogen functional groups attached to an aromatic ring is 1. The minimum atomic E-state index is 0.0929. The second-order valence-corrected chi connectivity index (χ2v) is 7.94. The molecule has 1 saturated heterocycles. The van der Waals surface area contributed by atoms with Crippen molar-refractivity contribution in [2.24, 2.45) is 0 Å². The highest BCUT2D eigenvalue weighted by Crippen LogP contribution is 2.31. The molecule has 1 fully saturated rings. The number of carbonyl (C=O) groups excluding carboxylic acids is 1. The average molecular weight is 395 g/mol. The fourth-order valence-electron chi connectivity index (χ4n) is 3.59. The van der Waals surface area contributed by atoms with Crippen LogP contribution in [0.4, 0.5) is 5.95 Å². The lowest BCUT2D eigenvalue weighted by atomic mass is 9.91. The van der Waals surface area contributed by atoms with Gasteiger partial charge in [-0.3, -0.25) is 9.78 Å². The van der Waals surface area contributed by atoms with Crippen molar-refractivity contribution in [2.45, 2.75) is 32.6 Å². The van der Waals surface area contributed by atoms with Gasteiger partial charge in [0.25, 0.3) is 5.91 Å². The molecule has 0 aliphatic carbocycles. The molecule has 1 aliphatic heterocycles. The van der Waals surface area contributed by atoms with Crippen molar-refractivity contribution in [3.8, 4) is 11.1 Å². The Bertz CT molecular complexity index is 992. The van der Waals surface area contributed by atoms with Gasteiger partial charge in [-0.15, -0.1) is 11.3 Å². The number of pyridine rings is 1. The number of anilines is 1. The molecule has 0 saturated carbocycles. The molecule has 7 nitrogen and oxygen atoms in total. The maximum atomic E-state index is 12.7. The van der Waals surface area contributed by atoms with Gasteiger partial charge in [-0.25, -0.2) is 15.0 Å². The van der Waals surface area contributed by atoms with Crippen LogP contribution < -0.4 is 5.73 Å². The summed E-state index contributed by atoms with van der Waals surface area (Å²) in [7, 11) is 0. The Balaban J connectivity index is 1.49. The lowest BCUT2D eigenvalue weighted by Gasteiger charge is -2.31. The predicted octanol–water partition coefficient (Wildman–Crippen LogP) is 3.21. The molecule has 1 amide bonds. The van der Waals surface area contributed by atoms with Crippen molar-refractivity contribution in [1.82, 2.24) is 24.8 Å². The molecule has 28 heavy (non-hydrogen) atoms. The first kappa shape index (κ1) is 18.5. The number of amides is 1. The quantitative estimate of drug-likeness (QED) is 0.732. The Labute approximate surface area is 167 Å². The van der Waals surface area contributed by atoms with E-state index in [4.69, 9.17) is 10.7 Å². The highest BCUT2D eigenvalue weighted by molar-refractivity contribution is 7.11. The van der Waals surface area contributed by atoms with Crippen LogP contribution in [0, 0.1) is 13.8 Å². The van der Waals surface area contributed by atoms with Gasteiger partial charge in [0.15, 0.2) is 0 Å². The van der Waals surface area contributed by atoms with E-state index in [9.17, 15) is 4.79 Å². The van der Waals surface area contributed by atoms with Crippen molar-refractivity contribution in [1.29, 1.82) is 0 Å². The molecule has 4 rings (SSSR count). The fraction of sp³-hybridized carbons (Fsp3) is 0.350. The van der Waals surface area contributed by atoms with Crippen LogP contribution in [0.1, 0.15) is 45.5 Å². The van der Waals surface area contributed by atoms with Crippen LogP contribution in [0.25, 0.3) is 11.1 Å². The Morgan fingerprint density at radius 2 is 1.82 bits per heavy atom. The summed E-state index contributed by atoms with van der Waals surface area (Å²) in [5.74, 6) is 0.693. The molecule has 2 N–H and O–H groups in total. The molecule has 0 unspecified atom stereocenters. The molecule has 0 radical (unpaired) electrons. The molecular formula is C20H22N6OS. The van der Waals surface area contributed by atoms with Crippen molar-refractivity contribution in [3.05, 3.63) is 52.0 Å². The van der Waals surface area contributed by atoms with E-state index in [1.54, 1.807) is 17.9 Å². The first-order valence-corrected chi connectivity index (χ1v) is 10.1. The monoisotopic (exact) mass is 394 g/mol. The summed E-state index contributed by atoms with van der Waals surface area (Å²) >= 11 is 1.42. The summed E-state index contributed by atoms with van der Waals surface area (Å²) in [5, 5.41) is 0. The van der Waals surface area contributed by atoms with E-state index >= 15 is 0 Å². The van der Waals surface area contributed by atoms with Gasteiger partial charge in [0.05, 0.1) is 11.2 Å². The minimum Gasteiger partial charge on any atom is -0.368 e. The second-order valence-electron chi connectivity index (χ2n) is 7.09. The normalized spacial score (nSPS) is 15.0. The molecule has 0 atom stereocenters. The number of likely N-dealkylation sites (tertiary alicyclic amines) is 1. The maximum Gasteiger partial charge on any atom is 0.265 e. The predicted molar refractivity (Wildman–Crippen MR) is 109 cm³/mol. The number of piperidine rings is 1.